The Morgan fingerprint density at radius 2 is 1.64 bits per heavy atom. The standard InChI is InChI=1S/C25H22ClNO5S/c1-3-16-27(22-14-12-21(26)13-15-22)33(30,31)23-11-7-10-20(17-23)25(29)32-18(2)24(28)19-8-5-4-6-9-19/h3-15,17-18H,1,16H2,2H3/t18-/m1/s1. The molecule has 0 saturated heterocycles. The second-order valence-corrected chi connectivity index (χ2v) is 9.41. The number of nitrogens with zero attached hydrogens (tertiary/aromatic N) is 1. The van der Waals surface area contributed by atoms with Crippen molar-refractivity contribution < 1.29 is 22.7 Å². The number of halogens is 1. The van der Waals surface area contributed by atoms with Gasteiger partial charge in [-0.1, -0.05) is 54.1 Å². The van der Waals surface area contributed by atoms with Crippen LogP contribution in [0, 0.1) is 0 Å². The number of Topliss-reactive ketones (excluding diaryl/α,β-unsaturated/α-hetero) is 1. The van der Waals surface area contributed by atoms with Crippen molar-refractivity contribution in [2.24, 2.45) is 0 Å². The van der Waals surface area contributed by atoms with Gasteiger partial charge in [0.25, 0.3) is 10.0 Å². The van der Waals surface area contributed by atoms with Gasteiger partial charge in [0.1, 0.15) is 0 Å². The van der Waals surface area contributed by atoms with Crippen molar-refractivity contribution in [3.05, 3.63) is 108 Å². The molecule has 3 rings (SSSR count). The molecule has 3 aromatic rings. The summed E-state index contributed by atoms with van der Waals surface area (Å²) in [6.45, 7) is 5.12. The highest BCUT2D eigenvalue weighted by Gasteiger charge is 2.26. The average molecular weight is 484 g/mol. The number of anilines is 1. The van der Waals surface area contributed by atoms with E-state index in [4.69, 9.17) is 16.3 Å². The summed E-state index contributed by atoms with van der Waals surface area (Å²) in [7, 11) is -4.03. The van der Waals surface area contributed by atoms with E-state index in [2.05, 4.69) is 6.58 Å². The maximum Gasteiger partial charge on any atom is 0.338 e. The highest BCUT2D eigenvalue weighted by molar-refractivity contribution is 7.92. The van der Waals surface area contributed by atoms with Gasteiger partial charge in [0.15, 0.2) is 6.10 Å². The van der Waals surface area contributed by atoms with Crippen LogP contribution < -0.4 is 4.31 Å². The fraction of sp³-hybridized carbons (Fsp3) is 0.120. The van der Waals surface area contributed by atoms with Crippen LogP contribution in [0.25, 0.3) is 0 Å². The van der Waals surface area contributed by atoms with Gasteiger partial charge in [0, 0.05) is 10.6 Å². The summed E-state index contributed by atoms with van der Waals surface area (Å²) in [6, 6.07) is 20.3. The Hall–Kier alpha value is -3.42. The summed E-state index contributed by atoms with van der Waals surface area (Å²) in [5.41, 5.74) is 0.824. The van der Waals surface area contributed by atoms with Crippen LogP contribution in [0.15, 0.2) is 96.4 Å². The molecule has 0 heterocycles. The number of carbonyl (C=O) groups excluding carboxylic acids is 2. The molecule has 0 fully saturated rings. The molecule has 33 heavy (non-hydrogen) atoms. The first-order chi connectivity index (χ1) is 15.7. The minimum atomic E-state index is -4.03. The van der Waals surface area contributed by atoms with Crippen molar-refractivity contribution >= 4 is 39.1 Å². The van der Waals surface area contributed by atoms with E-state index in [9.17, 15) is 18.0 Å². The van der Waals surface area contributed by atoms with Crippen molar-refractivity contribution in [3.8, 4) is 0 Å². The molecule has 8 heteroatoms. The SMILES string of the molecule is C=CCN(c1ccc(Cl)cc1)S(=O)(=O)c1cccc(C(=O)O[C@H](C)C(=O)c2ccccc2)c1. The minimum absolute atomic E-state index is 0.0124. The fourth-order valence-corrected chi connectivity index (χ4v) is 4.70. The number of carbonyl (C=O) groups is 2. The van der Waals surface area contributed by atoms with Gasteiger partial charge in [-0.3, -0.25) is 9.10 Å². The maximum atomic E-state index is 13.3. The Morgan fingerprint density at radius 3 is 2.27 bits per heavy atom. The van der Waals surface area contributed by atoms with Crippen molar-refractivity contribution in [1.82, 2.24) is 0 Å². The van der Waals surface area contributed by atoms with Crippen molar-refractivity contribution in [3.63, 3.8) is 0 Å². The lowest BCUT2D eigenvalue weighted by atomic mass is 10.1. The number of ether oxygens (including phenoxy) is 1. The predicted molar refractivity (Wildman–Crippen MR) is 128 cm³/mol. The number of sulfonamides is 1. The molecule has 0 saturated carbocycles. The zero-order valence-electron chi connectivity index (χ0n) is 17.8. The Labute approximate surface area is 198 Å². The summed E-state index contributed by atoms with van der Waals surface area (Å²) < 4.78 is 33.1. The van der Waals surface area contributed by atoms with Gasteiger partial charge < -0.3 is 4.74 Å². The molecular weight excluding hydrogens is 462 g/mol. The summed E-state index contributed by atoms with van der Waals surface area (Å²) in [5, 5.41) is 0.471. The Kier molecular flexibility index (Phi) is 7.68. The van der Waals surface area contributed by atoms with E-state index in [0.29, 0.717) is 16.3 Å². The predicted octanol–water partition coefficient (Wildman–Crippen LogP) is 5.15. The number of esters is 1. The van der Waals surface area contributed by atoms with E-state index in [1.165, 1.54) is 37.3 Å². The van der Waals surface area contributed by atoms with Gasteiger partial charge in [0.05, 0.1) is 22.7 Å². The lowest BCUT2D eigenvalue weighted by molar-refractivity contribution is 0.0318. The van der Waals surface area contributed by atoms with Gasteiger partial charge in [-0.2, -0.15) is 0 Å². The third kappa shape index (κ3) is 5.69. The van der Waals surface area contributed by atoms with Crippen molar-refractivity contribution in [1.29, 1.82) is 0 Å². The van der Waals surface area contributed by atoms with E-state index in [1.807, 2.05) is 0 Å². The first-order valence-electron chi connectivity index (χ1n) is 10.0. The monoisotopic (exact) mass is 483 g/mol. The van der Waals surface area contributed by atoms with Crippen LogP contribution in [0.3, 0.4) is 0 Å². The smallest absolute Gasteiger partial charge is 0.338 e. The molecule has 170 valence electrons. The Morgan fingerprint density at radius 1 is 1.00 bits per heavy atom. The van der Waals surface area contributed by atoms with E-state index >= 15 is 0 Å². The quantitative estimate of drug-likeness (QED) is 0.239. The first kappa shape index (κ1) is 24.2. The molecule has 0 amide bonds. The number of hydrogen-bond acceptors (Lipinski definition) is 5. The molecule has 0 aliphatic heterocycles. The largest absolute Gasteiger partial charge is 0.451 e. The summed E-state index contributed by atoms with van der Waals surface area (Å²) in [5.74, 6) is -1.15. The van der Waals surface area contributed by atoms with Crippen LogP contribution in [0.1, 0.15) is 27.6 Å². The van der Waals surface area contributed by atoms with Crippen LogP contribution in [0.5, 0.6) is 0 Å². The lowest BCUT2D eigenvalue weighted by Gasteiger charge is -2.23. The molecule has 0 spiro atoms. The molecule has 6 nitrogen and oxygen atoms in total. The highest BCUT2D eigenvalue weighted by Crippen LogP contribution is 2.26. The van der Waals surface area contributed by atoms with Gasteiger partial charge in [-0.25, -0.2) is 13.2 Å². The molecular formula is C25H22ClNO5S. The topological polar surface area (TPSA) is 80.8 Å². The van der Waals surface area contributed by atoms with Gasteiger partial charge >= 0.3 is 5.97 Å². The van der Waals surface area contributed by atoms with Gasteiger partial charge in [0.2, 0.25) is 5.78 Å². The molecule has 0 N–H and O–H groups in total. The third-order valence-corrected chi connectivity index (χ3v) is 6.82. The molecule has 0 unspecified atom stereocenters. The maximum absolute atomic E-state index is 13.3. The van der Waals surface area contributed by atoms with E-state index in [0.717, 1.165) is 4.31 Å². The molecule has 0 aromatic heterocycles. The zero-order valence-corrected chi connectivity index (χ0v) is 19.4. The number of benzene rings is 3. The second-order valence-electron chi connectivity index (χ2n) is 7.11. The van der Waals surface area contributed by atoms with E-state index in [1.54, 1.807) is 54.6 Å². The third-order valence-electron chi connectivity index (χ3n) is 4.78. The van der Waals surface area contributed by atoms with Crippen LogP contribution in [0.4, 0.5) is 5.69 Å². The highest BCUT2D eigenvalue weighted by atomic mass is 35.5. The molecule has 0 aliphatic carbocycles. The first-order valence-corrected chi connectivity index (χ1v) is 11.9. The van der Waals surface area contributed by atoms with Crippen LogP contribution in [-0.2, 0) is 14.8 Å². The Balaban J connectivity index is 1.85. The van der Waals surface area contributed by atoms with Crippen molar-refractivity contribution in [2.45, 2.75) is 17.9 Å². The van der Waals surface area contributed by atoms with Gasteiger partial charge in [-0.05, 0) is 49.4 Å². The van der Waals surface area contributed by atoms with E-state index < -0.39 is 22.1 Å². The number of hydrogen-bond donors (Lipinski definition) is 0. The molecule has 0 radical (unpaired) electrons. The van der Waals surface area contributed by atoms with Gasteiger partial charge in [-0.15, -0.1) is 6.58 Å². The average Bonchev–Trinajstić information content (AvgIpc) is 2.83. The fourth-order valence-electron chi connectivity index (χ4n) is 3.10. The molecule has 3 aromatic carbocycles. The molecule has 0 bridgehead atoms. The van der Waals surface area contributed by atoms with Crippen molar-refractivity contribution in [2.75, 3.05) is 10.8 Å². The summed E-state index contributed by atoms with van der Waals surface area (Å²) in [6.07, 6.45) is 0.424. The van der Waals surface area contributed by atoms with Crippen LogP contribution in [-0.4, -0.2) is 32.8 Å². The van der Waals surface area contributed by atoms with E-state index in [-0.39, 0.29) is 22.8 Å². The molecule has 1 atom stereocenters. The number of ketones is 1. The summed E-state index contributed by atoms with van der Waals surface area (Å²) >= 11 is 5.92. The second kappa shape index (κ2) is 10.5. The lowest BCUT2D eigenvalue weighted by Crippen LogP contribution is -2.31. The molecule has 0 aliphatic rings. The minimum Gasteiger partial charge on any atom is -0.451 e. The normalized spacial score (nSPS) is 11.9. The van der Waals surface area contributed by atoms with Crippen LogP contribution >= 0.6 is 11.6 Å². The zero-order chi connectivity index (χ0) is 24.0. The number of rotatable bonds is 9. The van der Waals surface area contributed by atoms with Crippen LogP contribution in [0.2, 0.25) is 5.02 Å². The summed E-state index contributed by atoms with van der Waals surface area (Å²) in [4.78, 5) is 25.0. The Bertz CT molecular complexity index is 1260.